The highest BCUT2D eigenvalue weighted by molar-refractivity contribution is 5.86. The van der Waals surface area contributed by atoms with Gasteiger partial charge in [-0.25, -0.2) is 4.79 Å². The van der Waals surface area contributed by atoms with Gasteiger partial charge in [0.25, 0.3) is 0 Å². The lowest BCUT2D eigenvalue weighted by Gasteiger charge is -2.16. The van der Waals surface area contributed by atoms with Crippen molar-refractivity contribution in [2.24, 2.45) is 11.8 Å². The zero-order valence-corrected chi connectivity index (χ0v) is 8.41. The summed E-state index contributed by atoms with van der Waals surface area (Å²) in [5, 5.41) is 8.72. The van der Waals surface area contributed by atoms with Gasteiger partial charge in [0.2, 0.25) is 0 Å². The van der Waals surface area contributed by atoms with E-state index in [4.69, 9.17) is 5.11 Å². The van der Waals surface area contributed by atoms with Crippen LogP contribution in [-0.2, 0) is 4.79 Å². The molecule has 0 aromatic carbocycles. The summed E-state index contributed by atoms with van der Waals surface area (Å²) in [6.45, 7) is 6.28. The van der Waals surface area contributed by atoms with E-state index in [0.717, 1.165) is 24.9 Å². The molecule has 2 fully saturated rings. The largest absolute Gasteiger partial charge is 0.478 e. The van der Waals surface area contributed by atoms with Crippen molar-refractivity contribution in [3.05, 3.63) is 12.2 Å². The number of nitrogens with zero attached hydrogens (tertiary/aromatic N) is 1. The van der Waals surface area contributed by atoms with Crippen LogP contribution < -0.4 is 0 Å². The summed E-state index contributed by atoms with van der Waals surface area (Å²) in [6, 6.07) is 0. The molecule has 2 rings (SSSR count). The first-order chi connectivity index (χ1) is 6.66. The maximum absolute atomic E-state index is 10.6. The summed E-state index contributed by atoms with van der Waals surface area (Å²) in [5.74, 6) is 0.801. The molecule has 1 saturated heterocycles. The lowest BCUT2D eigenvalue weighted by molar-refractivity contribution is -0.132. The lowest BCUT2D eigenvalue weighted by atomic mass is 10.0. The SMILES string of the molecule is C=C(CN1CC2CCCC2C1)C(=O)O. The number of fused-ring (bicyclic) bond motifs is 1. The van der Waals surface area contributed by atoms with Gasteiger partial charge in [0.15, 0.2) is 0 Å². The second-order valence-corrected chi connectivity index (χ2v) is 4.55. The molecule has 1 heterocycles. The molecule has 3 heteroatoms. The Morgan fingerprint density at radius 2 is 1.93 bits per heavy atom. The number of rotatable bonds is 3. The number of carbonyl (C=O) groups is 1. The second kappa shape index (κ2) is 3.73. The van der Waals surface area contributed by atoms with Crippen molar-refractivity contribution in [3.63, 3.8) is 0 Å². The second-order valence-electron chi connectivity index (χ2n) is 4.55. The van der Waals surface area contributed by atoms with Crippen molar-refractivity contribution < 1.29 is 9.90 Å². The molecule has 0 amide bonds. The molecule has 1 aliphatic heterocycles. The summed E-state index contributed by atoms with van der Waals surface area (Å²) in [5.41, 5.74) is 0.324. The number of carboxylic acids is 1. The van der Waals surface area contributed by atoms with Crippen molar-refractivity contribution in [1.82, 2.24) is 4.90 Å². The minimum atomic E-state index is -0.859. The van der Waals surface area contributed by atoms with Crippen LogP contribution in [0.1, 0.15) is 19.3 Å². The maximum atomic E-state index is 10.6. The fourth-order valence-corrected chi connectivity index (χ4v) is 2.80. The molecule has 1 aliphatic carbocycles. The Labute approximate surface area is 84.4 Å². The monoisotopic (exact) mass is 195 g/mol. The third kappa shape index (κ3) is 1.82. The molecule has 2 aliphatic rings. The van der Waals surface area contributed by atoms with E-state index in [9.17, 15) is 4.79 Å². The van der Waals surface area contributed by atoms with Gasteiger partial charge in [-0.1, -0.05) is 13.0 Å². The molecule has 2 unspecified atom stereocenters. The van der Waals surface area contributed by atoms with Gasteiger partial charge >= 0.3 is 5.97 Å². The predicted molar refractivity (Wildman–Crippen MR) is 54.0 cm³/mol. The summed E-state index contributed by atoms with van der Waals surface area (Å²) in [7, 11) is 0. The van der Waals surface area contributed by atoms with E-state index in [1.807, 2.05) is 0 Å². The van der Waals surface area contributed by atoms with Crippen molar-refractivity contribution in [2.75, 3.05) is 19.6 Å². The molecule has 1 saturated carbocycles. The average Bonchev–Trinajstić information content (AvgIpc) is 2.63. The molecule has 0 spiro atoms. The molecule has 78 valence electrons. The number of aliphatic carboxylic acids is 1. The standard InChI is InChI=1S/C11H17NO2/c1-8(11(13)14)5-12-6-9-3-2-4-10(9)7-12/h9-10H,1-7H2,(H,13,14). The summed E-state index contributed by atoms with van der Waals surface area (Å²) in [4.78, 5) is 12.8. The Balaban J connectivity index is 1.85. The summed E-state index contributed by atoms with van der Waals surface area (Å²) < 4.78 is 0. The van der Waals surface area contributed by atoms with Gasteiger partial charge < -0.3 is 5.11 Å². The van der Waals surface area contributed by atoms with E-state index >= 15 is 0 Å². The quantitative estimate of drug-likeness (QED) is 0.691. The topological polar surface area (TPSA) is 40.5 Å². The first kappa shape index (κ1) is 9.71. The van der Waals surface area contributed by atoms with Gasteiger partial charge in [0.1, 0.15) is 0 Å². The van der Waals surface area contributed by atoms with Crippen LogP contribution in [0.15, 0.2) is 12.2 Å². The molecule has 14 heavy (non-hydrogen) atoms. The van der Waals surface area contributed by atoms with Crippen molar-refractivity contribution in [1.29, 1.82) is 0 Å². The first-order valence-electron chi connectivity index (χ1n) is 5.30. The summed E-state index contributed by atoms with van der Waals surface area (Å²) in [6.07, 6.45) is 4.03. The molecular formula is C11H17NO2. The van der Waals surface area contributed by atoms with Crippen LogP contribution in [0, 0.1) is 11.8 Å². The van der Waals surface area contributed by atoms with E-state index in [-0.39, 0.29) is 0 Å². The van der Waals surface area contributed by atoms with Crippen LogP contribution in [0.4, 0.5) is 0 Å². The predicted octanol–water partition coefficient (Wildman–Crippen LogP) is 1.36. The van der Waals surface area contributed by atoms with Crippen LogP contribution in [0.5, 0.6) is 0 Å². The van der Waals surface area contributed by atoms with E-state index < -0.39 is 5.97 Å². The van der Waals surface area contributed by atoms with Crippen LogP contribution in [0.25, 0.3) is 0 Å². The zero-order chi connectivity index (χ0) is 10.1. The number of hydrogen-bond donors (Lipinski definition) is 1. The summed E-state index contributed by atoms with van der Waals surface area (Å²) >= 11 is 0. The Morgan fingerprint density at radius 3 is 2.43 bits per heavy atom. The van der Waals surface area contributed by atoms with Gasteiger partial charge in [-0.2, -0.15) is 0 Å². The third-order valence-electron chi connectivity index (χ3n) is 3.52. The minimum absolute atomic E-state index is 0.324. The molecule has 2 atom stereocenters. The van der Waals surface area contributed by atoms with Crippen molar-refractivity contribution in [2.45, 2.75) is 19.3 Å². The van der Waals surface area contributed by atoms with Crippen molar-refractivity contribution >= 4 is 5.97 Å². The molecule has 0 bridgehead atoms. The molecule has 3 nitrogen and oxygen atoms in total. The Hall–Kier alpha value is -0.830. The van der Waals surface area contributed by atoms with Crippen LogP contribution in [-0.4, -0.2) is 35.6 Å². The molecule has 1 N–H and O–H groups in total. The fraction of sp³-hybridized carbons (Fsp3) is 0.727. The Morgan fingerprint density at radius 1 is 1.36 bits per heavy atom. The zero-order valence-electron chi connectivity index (χ0n) is 8.41. The smallest absolute Gasteiger partial charge is 0.332 e. The van der Waals surface area contributed by atoms with Gasteiger partial charge in [-0.3, -0.25) is 4.90 Å². The highest BCUT2D eigenvalue weighted by Gasteiger charge is 2.36. The van der Waals surface area contributed by atoms with Gasteiger partial charge in [0, 0.05) is 25.2 Å². The minimum Gasteiger partial charge on any atom is -0.478 e. The van der Waals surface area contributed by atoms with Gasteiger partial charge in [-0.15, -0.1) is 0 Å². The fourth-order valence-electron chi connectivity index (χ4n) is 2.80. The Kier molecular flexibility index (Phi) is 2.59. The van der Waals surface area contributed by atoms with Gasteiger partial charge in [-0.05, 0) is 24.7 Å². The number of likely N-dealkylation sites (tertiary alicyclic amines) is 1. The van der Waals surface area contributed by atoms with Crippen molar-refractivity contribution in [3.8, 4) is 0 Å². The normalized spacial score (nSPS) is 31.7. The van der Waals surface area contributed by atoms with Crippen LogP contribution in [0.2, 0.25) is 0 Å². The van der Waals surface area contributed by atoms with Gasteiger partial charge in [0.05, 0.1) is 0 Å². The van der Waals surface area contributed by atoms with E-state index in [2.05, 4.69) is 11.5 Å². The van der Waals surface area contributed by atoms with Crippen LogP contribution >= 0.6 is 0 Å². The number of hydrogen-bond acceptors (Lipinski definition) is 2. The third-order valence-corrected chi connectivity index (χ3v) is 3.52. The molecule has 0 radical (unpaired) electrons. The highest BCUT2D eigenvalue weighted by atomic mass is 16.4. The Bertz CT molecular complexity index is 250. The molecular weight excluding hydrogens is 178 g/mol. The van der Waals surface area contributed by atoms with Crippen LogP contribution in [0.3, 0.4) is 0 Å². The number of carboxylic acid groups (broad SMARTS) is 1. The lowest BCUT2D eigenvalue weighted by Crippen LogP contribution is -2.26. The molecule has 0 aromatic heterocycles. The average molecular weight is 195 g/mol. The maximum Gasteiger partial charge on any atom is 0.332 e. The van der Waals surface area contributed by atoms with E-state index in [0.29, 0.717) is 12.1 Å². The van der Waals surface area contributed by atoms with E-state index in [1.165, 1.54) is 19.3 Å². The first-order valence-corrected chi connectivity index (χ1v) is 5.30. The van der Waals surface area contributed by atoms with E-state index in [1.54, 1.807) is 0 Å². The highest BCUT2D eigenvalue weighted by Crippen LogP contribution is 2.37. The molecule has 0 aromatic rings.